The molecule has 134 valence electrons. The Hall–Kier alpha value is -2.66. The van der Waals surface area contributed by atoms with Crippen molar-refractivity contribution in [3.8, 4) is 5.69 Å². The highest BCUT2D eigenvalue weighted by Crippen LogP contribution is 2.45. The summed E-state index contributed by atoms with van der Waals surface area (Å²) in [5.74, 6) is -0.0650. The molecule has 1 atom stereocenters. The first-order valence-corrected chi connectivity index (χ1v) is 9.00. The van der Waals surface area contributed by atoms with Gasteiger partial charge in [0, 0.05) is 16.6 Å². The number of aliphatic hydroxyl groups is 1. The summed E-state index contributed by atoms with van der Waals surface area (Å²) in [6.07, 6.45) is 3.34. The number of carbonyl (C=O) groups is 1. The molecule has 0 spiro atoms. The number of nitrogens with one attached hydrogen (secondary N) is 1. The normalized spacial score (nSPS) is 16.4. The van der Waals surface area contributed by atoms with Crippen molar-refractivity contribution < 1.29 is 9.90 Å². The summed E-state index contributed by atoms with van der Waals surface area (Å²) in [6, 6.07) is 14.3. The third-order valence-corrected chi connectivity index (χ3v) is 5.49. The van der Waals surface area contributed by atoms with Crippen LogP contribution in [0.15, 0.2) is 48.7 Å². The number of amides is 1. The number of aromatic nitrogens is 2. The fraction of sp³-hybridized carbons (Fsp3) is 0.333. The standard InChI is InChI=1S/C21H23N3O2/c1-14(23-20(26)21(13-25)10-11-21)18-12-22-24(15(18)2)19-9-5-7-16-6-3-4-8-17(16)19/h3-9,12,14,25H,10-11,13H2,1-2H3,(H,23,26). The molecule has 1 saturated carbocycles. The average Bonchev–Trinajstić information content (AvgIpc) is 3.37. The quantitative estimate of drug-likeness (QED) is 0.743. The molecule has 1 unspecified atom stereocenters. The summed E-state index contributed by atoms with van der Waals surface area (Å²) in [5.41, 5.74) is 2.45. The molecule has 1 aromatic heterocycles. The summed E-state index contributed by atoms with van der Waals surface area (Å²) in [7, 11) is 0. The van der Waals surface area contributed by atoms with Gasteiger partial charge in [-0.15, -0.1) is 0 Å². The highest BCUT2D eigenvalue weighted by Gasteiger charge is 2.49. The van der Waals surface area contributed by atoms with Crippen LogP contribution in [0.3, 0.4) is 0 Å². The van der Waals surface area contributed by atoms with Gasteiger partial charge in [-0.25, -0.2) is 4.68 Å². The topological polar surface area (TPSA) is 67.2 Å². The Kier molecular flexibility index (Phi) is 4.04. The van der Waals surface area contributed by atoms with E-state index >= 15 is 0 Å². The molecule has 4 rings (SSSR count). The Morgan fingerprint density at radius 3 is 2.73 bits per heavy atom. The molecule has 2 N–H and O–H groups in total. The van der Waals surface area contributed by atoms with Gasteiger partial charge >= 0.3 is 0 Å². The molecule has 1 fully saturated rings. The zero-order valence-corrected chi connectivity index (χ0v) is 15.1. The Balaban J connectivity index is 1.65. The van der Waals surface area contributed by atoms with Gasteiger partial charge in [-0.2, -0.15) is 5.10 Å². The Bertz CT molecular complexity index is 967. The molecule has 3 aromatic rings. The van der Waals surface area contributed by atoms with E-state index in [0.717, 1.165) is 35.2 Å². The number of carbonyl (C=O) groups excluding carboxylic acids is 1. The smallest absolute Gasteiger partial charge is 0.229 e. The van der Waals surface area contributed by atoms with Crippen LogP contribution in [0.1, 0.15) is 37.1 Å². The van der Waals surface area contributed by atoms with Crippen molar-refractivity contribution in [2.75, 3.05) is 6.61 Å². The molecule has 0 bridgehead atoms. The van der Waals surface area contributed by atoms with Gasteiger partial charge in [0.1, 0.15) is 0 Å². The van der Waals surface area contributed by atoms with Gasteiger partial charge in [0.2, 0.25) is 5.91 Å². The van der Waals surface area contributed by atoms with E-state index in [2.05, 4.69) is 34.7 Å². The molecule has 1 amide bonds. The maximum Gasteiger partial charge on any atom is 0.229 e. The Labute approximate surface area is 152 Å². The van der Waals surface area contributed by atoms with Gasteiger partial charge in [0.15, 0.2) is 0 Å². The molecule has 0 saturated heterocycles. The predicted molar refractivity (Wildman–Crippen MR) is 101 cm³/mol. The molecule has 26 heavy (non-hydrogen) atoms. The van der Waals surface area contributed by atoms with E-state index in [-0.39, 0.29) is 18.6 Å². The molecule has 1 heterocycles. The van der Waals surface area contributed by atoms with Crippen molar-refractivity contribution >= 4 is 16.7 Å². The minimum Gasteiger partial charge on any atom is -0.395 e. The van der Waals surface area contributed by atoms with Crippen molar-refractivity contribution in [3.05, 3.63) is 59.9 Å². The van der Waals surface area contributed by atoms with E-state index in [4.69, 9.17) is 0 Å². The van der Waals surface area contributed by atoms with Gasteiger partial charge in [-0.3, -0.25) is 4.79 Å². The zero-order chi connectivity index (χ0) is 18.3. The predicted octanol–water partition coefficient (Wildman–Crippen LogP) is 3.28. The van der Waals surface area contributed by atoms with Crippen LogP contribution >= 0.6 is 0 Å². The largest absolute Gasteiger partial charge is 0.395 e. The van der Waals surface area contributed by atoms with Crippen LogP contribution < -0.4 is 5.32 Å². The van der Waals surface area contributed by atoms with E-state index in [1.54, 1.807) is 0 Å². The monoisotopic (exact) mass is 349 g/mol. The first kappa shape index (κ1) is 16.8. The highest BCUT2D eigenvalue weighted by atomic mass is 16.3. The number of rotatable bonds is 5. The zero-order valence-electron chi connectivity index (χ0n) is 15.1. The second-order valence-electron chi connectivity index (χ2n) is 7.23. The van der Waals surface area contributed by atoms with Crippen LogP contribution in [0.25, 0.3) is 16.5 Å². The highest BCUT2D eigenvalue weighted by molar-refractivity contribution is 5.90. The minimum atomic E-state index is -0.562. The second kappa shape index (κ2) is 6.25. The van der Waals surface area contributed by atoms with Crippen LogP contribution in [0.2, 0.25) is 0 Å². The van der Waals surface area contributed by atoms with Crippen LogP contribution in [0.4, 0.5) is 0 Å². The maximum absolute atomic E-state index is 12.4. The Morgan fingerprint density at radius 2 is 2.00 bits per heavy atom. The summed E-state index contributed by atoms with van der Waals surface area (Å²) in [6.45, 7) is 3.90. The number of hydrogen-bond donors (Lipinski definition) is 2. The van der Waals surface area contributed by atoms with E-state index in [1.807, 2.05) is 42.9 Å². The lowest BCUT2D eigenvalue weighted by molar-refractivity contribution is -0.128. The fourth-order valence-corrected chi connectivity index (χ4v) is 3.52. The van der Waals surface area contributed by atoms with Gasteiger partial charge in [-0.1, -0.05) is 36.4 Å². The number of hydrogen-bond acceptors (Lipinski definition) is 3. The first-order valence-electron chi connectivity index (χ1n) is 9.00. The summed E-state index contributed by atoms with van der Waals surface area (Å²) < 4.78 is 1.93. The third kappa shape index (κ3) is 2.69. The van der Waals surface area contributed by atoms with Gasteiger partial charge in [-0.05, 0) is 38.1 Å². The average molecular weight is 349 g/mol. The van der Waals surface area contributed by atoms with Crippen molar-refractivity contribution in [1.82, 2.24) is 15.1 Å². The number of aliphatic hydroxyl groups excluding tert-OH is 1. The molecule has 2 aromatic carbocycles. The maximum atomic E-state index is 12.4. The van der Waals surface area contributed by atoms with Gasteiger partial charge in [0.05, 0.1) is 29.9 Å². The minimum absolute atomic E-state index is 0.0650. The van der Waals surface area contributed by atoms with Crippen molar-refractivity contribution in [3.63, 3.8) is 0 Å². The van der Waals surface area contributed by atoms with E-state index < -0.39 is 5.41 Å². The van der Waals surface area contributed by atoms with E-state index in [9.17, 15) is 9.90 Å². The van der Waals surface area contributed by atoms with Crippen LogP contribution in [0, 0.1) is 12.3 Å². The summed E-state index contributed by atoms with van der Waals surface area (Å²) in [5, 5.41) is 19.4. The molecular formula is C21H23N3O2. The van der Waals surface area contributed by atoms with Crippen LogP contribution in [-0.2, 0) is 4.79 Å². The lowest BCUT2D eigenvalue weighted by Crippen LogP contribution is -2.36. The number of fused-ring (bicyclic) bond motifs is 1. The van der Waals surface area contributed by atoms with Crippen molar-refractivity contribution in [1.29, 1.82) is 0 Å². The molecule has 0 radical (unpaired) electrons. The van der Waals surface area contributed by atoms with Crippen LogP contribution in [-0.4, -0.2) is 27.4 Å². The van der Waals surface area contributed by atoms with Crippen molar-refractivity contribution in [2.45, 2.75) is 32.7 Å². The number of benzene rings is 2. The van der Waals surface area contributed by atoms with Gasteiger partial charge in [0.25, 0.3) is 0 Å². The SMILES string of the molecule is Cc1c(C(C)NC(=O)C2(CO)CC2)cnn1-c1cccc2ccccc12. The molecular weight excluding hydrogens is 326 g/mol. The molecule has 1 aliphatic rings. The molecule has 1 aliphatic carbocycles. The fourth-order valence-electron chi connectivity index (χ4n) is 3.52. The lowest BCUT2D eigenvalue weighted by Gasteiger charge is -2.18. The molecule has 5 nitrogen and oxygen atoms in total. The van der Waals surface area contributed by atoms with Crippen molar-refractivity contribution in [2.24, 2.45) is 5.41 Å². The van der Waals surface area contributed by atoms with Crippen LogP contribution in [0.5, 0.6) is 0 Å². The number of nitrogens with zero attached hydrogens (tertiary/aromatic N) is 2. The summed E-state index contributed by atoms with van der Waals surface area (Å²) in [4.78, 5) is 12.4. The van der Waals surface area contributed by atoms with Gasteiger partial charge < -0.3 is 10.4 Å². The summed E-state index contributed by atoms with van der Waals surface area (Å²) >= 11 is 0. The van der Waals surface area contributed by atoms with E-state index in [1.165, 1.54) is 5.39 Å². The Morgan fingerprint density at radius 1 is 1.27 bits per heavy atom. The second-order valence-corrected chi connectivity index (χ2v) is 7.23. The van der Waals surface area contributed by atoms with E-state index in [0.29, 0.717) is 0 Å². The molecule has 0 aliphatic heterocycles. The lowest BCUT2D eigenvalue weighted by atomic mass is 10.0. The third-order valence-electron chi connectivity index (χ3n) is 5.49. The molecule has 5 heteroatoms. The first-order chi connectivity index (χ1) is 12.6.